The molecule has 0 saturated carbocycles. The van der Waals surface area contributed by atoms with E-state index in [1.54, 1.807) is 6.92 Å². The highest BCUT2D eigenvalue weighted by atomic mass is 16.5. The molecule has 1 N–H and O–H groups in total. The van der Waals surface area contributed by atoms with Crippen LogP contribution in [0.3, 0.4) is 0 Å². The van der Waals surface area contributed by atoms with Crippen LogP contribution in [-0.2, 0) is 9.53 Å². The Morgan fingerprint density at radius 2 is 2.07 bits per heavy atom. The number of hydrogen-bond acceptors (Lipinski definition) is 3. The summed E-state index contributed by atoms with van der Waals surface area (Å²) in [7, 11) is 0. The van der Waals surface area contributed by atoms with Gasteiger partial charge in [-0.1, -0.05) is 27.2 Å². The first-order chi connectivity index (χ1) is 6.49. The Bertz CT molecular complexity index is 215. The largest absolute Gasteiger partial charge is 0.461 e. The summed E-state index contributed by atoms with van der Waals surface area (Å²) in [4.78, 5) is 11.4. The summed E-state index contributed by atoms with van der Waals surface area (Å²) in [5, 5.41) is 9.83. The van der Waals surface area contributed by atoms with Crippen molar-refractivity contribution in [2.75, 3.05) is 0 Å². The van der Waals surface area contributed by atoms with E-state index in [0.29, 0.717) is 5.92 Å². The second-order valence-corrected chi connectivity index (χ2v) is 4.43. The molecule has 0 spiro atoms. The standard InChI is InChI=1S/C11H20O3/c1-5-6(2)10-7(3)9(12)8(4)11(13)14-10/h6-10,12H,5H2,1-4H3/t6?,7?,8?,9-,10?/m0/s1. The van der Waals surface area contributed by atoms with Gasteiger partial charge in [-0.05, 0) is 12.8 Å². The van der Waals surface area contributed by atoms with E-state index in [0.717, 1.165) is 6.42 Å². The monoisotopic (exact) mass is 200 g/mol. The number of aliphatic hydroxyl groups excluding tert-OH is 1. The summed E-state index contributed by atoms with van der Waals surface area (Å²) in [6.07, 6.45) is 0.276. The van der Waals surface area contributed by atoms with Crippen molar-refractivity contribution < 1.29 is 14.6 Å². The van der Waals surface area contributed by atoms with Crippen LogP contribution < -0.4 is 0 Å². The van der Waals surface area contributed by atoms with Gasteiger partial charge in [0.15, 0.2) is 0 Å². The second-order valence-electron chi connectivity index (χ2n) is 4.43. The molecule has 3 heteroatoms. The van der Waals surface area contributed by atoms with Crippen LogP contribution in [0.15, 0.2) is 0 Å². The van der Waals surface area contributed by atoms with E-state index in [1.807, 2.05) is 6.92 Å². The molecule has 0 aromatic heterocycles. The van der Waals surface area contributed by atoms with Crippen molar-refractivity contribution in [3.05, 3.63) is 0 Å². The Labute approximate surface area is 85.5 Å². The first kappa shape index (κ1) is 11.5. The third kappa shape index (κ3) is 1.92. The topological polar surface area (TPSA) is 46.5 Å². The van der Waals surface area contributed by atoms with Crippen molar-refractivity contribution in [3.63, 3.8) is 0 Å². The van der Waals surface area contributed by atoms with Gasteiger partial charge in [-0.2, -0.15) is 0 Å². The normalized spacial score (nSPS) is 40.5. The molecule has 1 saturated heterocycles. The molecule has 1 heterocycles. The van der Waals surface area contributed by atoms with Crippen LogP contribution in [0, 0.1) is 17.8 Å². The van der Waals surface area contributed by atoms with Crippen molar-refractivity contribution >= 4 is 5.97 Å². The minimum Gasteiger partial charge on any atom is -0.461 e. The zero-order valence-corrected chi connectivity index (χ0v) is 9.36. The highest BCUT2D eigenvalue weighted by Crippen LogP contribution is 2.31. The number of hydrogen-bond donors (Lipinski definition) is 1. The molecule has 0 aromatic rings. The number of ether oxygens (including phenoxy) is 1. The highest BCUT2D eigenvalue weighted by Gasteiger charge is 2.41. The molecule has 4 unspecified atom stereocenters. The van der Waals surface area contributed by atoms with Crippen molar-refractivity contribution in [2.45, 2.75) is 46.3 Å². The summed E-state index contributed by atoms with van der Waals surface area (Å²) in [6.45, 7) is 7.79. The summed E-state index contributed by atoms with van der Waals surface area (Å²) >= 11 is 0. The van der Waals surface area contributed by atoms with E-state index in [1.165, 1.54) is 0 Å². The van der Waals surface area contributed by atoms with Gasteiger partial charge in [0.1, 0.15) is 6.10 Å². The summed E-state index contributed by atoms with van der Waals surface area (Å²) in [6, 6.07) is 0. The Balaban J connectivity index is 2.75. The zero-order valence-electron chi connectivity index (χ0n) is 9.36. The molecule has 1 rings (SSSR count). The second kappa shape index (κ2) is 4.30. The van der Waals surface area contributed by atoms with E-state index >= 15 is 0 Å². The van der Waals surface area contributed by atoms with Crippen LogP contribution >= 0.6 is 0 Å². The molecular formula is C11H20O3. The van der Waals surface area contributed by atoms with Gasteiger partial charge in [0.05, 0.1) is 12.0 Å². The maximum atomic E-state index is 11.4. The maximum absolute atomic E-state index is 11.4. The summed E-state index contributed by atoms with van der Waals surface area (Å²) < 4.78 is 5.34. The molecular weight excluding hydrogens is 180 g/mol. The summed E-state index contributed by atoms with van der Waals surface area (Å²) in [5.41, 5.74) is 0. The Hall–Kier alpha value is -0.570. The van der Waals surface area contributed by atoms with E-state index in [9.17, 15) is 9.90 Å². The lowest BCUT2D eigenvalue weighted by molar-refractivity contribution is -0.182. The Morgan fingerprint density at radius 1 is 1.50 bits per heavy atom. The van der Waals surface area contributed by atoms with Crippen molar-refractivity contribution in [3.8, 4) is 0 Å². The Kier molecular flexibility index (Phi) is 3.53. The average Bonchev–Trinajstić information content (AvgIpc) is 2.19. The number of esters is 1. The summed E-state index contributed by atoms with van der Waals surface area (Å²) in [5.74, 6) is -0.292. The molecule has 5 atom stereocenters. The molecule has 3 nitrogen and oxygen atoms in total. The zero-order chi connectivity index (χ0) is 10.9. The van der Waals surface area contributed by atoms with Gasteiger partial charge >= 0.3 is 5.97 Å². The van der Waals surface area contributed by atoms with E-state index in [4.69, 9.17) is 4.74 Å². The quantitative estimate of drug-likeness (QED) is 0.688. The lowest BCUT2D eigenvalue weighted by atomic mass is 9.81. The number of aliphatic hydroxyl groups is 1. The maximum Gasteiger partial charge on any atom is 0.311 e. The third-order valence-electron chi connectivity index (χ3n) is 3.40. The number of rotatable bonds is 2. The molecule has 0 radical (unpaired) electrons. The number of cyclic esters (lactones) is 1. The fraction of sp³-hybridized carbons (Fsp3) is 0.909. The predicted octanol–water partition coefficient (Wildman–Crippen LogP) is 1.59. The van der Waals surface area contributed by atoms with E-state index < -0.39 is 6.10 Å². The van der Waals surface area contributed by atoms with Crippen LogP contribution in [0.5, 0.6) is 0 Å². The number of carbonyl (C=O) groups is 1. The van der Waals surface area contributed by atoms with Gasteiger partial charge in [0.2, 0.25) is 0 Å². The van der Waals surface area contributed by atoms with Crippen molar-refractivity contribution in [1.29, 1.82) is 0 Å². The fourth-order valence-electron chi connectivity index (χ4n) is 2.00. The van der Waals surface area contributed by atoms with Crippen LogP contribution in [0.4, 0.5) is 0 Å². The minimum atomic E-state index is -0.560. The average molecular weight is 200 g/mol. The van der Waals surface area contributed by atoms with Crippen LogP contribution in [-0.4, -0.2) is 23.3 Å². The van der Waals surface area contributed by atoms with Crippen LogP contribution in [0.2, 0.25) is 0 Å². The van der Waals surface area contributed by atoms with Gasteiger partial charge in [-0.25, -0.2) is 0 Å². The SMILES string of the molecule is CCC(C)C1OC(=O)C(C)[C@@H](O)C1C. The molecule has 0 aliphatic carbocycles. The molecule has 82 valence electrons. The van der Waals surface area contributed by atoms with Gasteiger partial charge in [-0.15, -0.1) is 0 Å². The third-order valence-corrected chi connectivity index (χ3v) is 3.40. The van der Waals surface area contributed by atoms with E-state index in [-0.39, 0.29) is 23.9 Å². The van der Waals surface area contributed by atoms with Crippen LogP contribution in [0.25, 0.3) is 0 Å². The Morgan fingerprint density at radius 3 is 2.57 bits per heavy atom. The lowest BCUT2D eigenvalue weighted by Crippen LogP contribution is -2.48. The van der Waals surface area contributed by atoms with Gasteiger partial charge < -0.3 is 9.84 Å². The van der Waals surface area contributed by atoms with Crippen LogP contribution in [0.1, 0.15) is 34.1 Å². The molecule has 1 aliphatic rings. The first-order valence-electron chi connectivity index (χ1n) is 5.37. The number of carbonyl (C=O) groups excluding carboxylic acids is 1. The van der Waals surface area contributed by atoms with E-state index in [2.05, 4.69) is 13.8 Å². The minimum absolute atomic E-state index is 0.0395. The first-order valence-corrected chi connectivity index (χ1v) is 5.37. The highest BCUT2D eigenvalue weighted by molar-refractivity contribution is 5.73. The molecule has 0 amide bonds. The predicted molar refractivity (Wildman–Crippen MR) is 53.7 cm³/mol. The molecule has 1 aliphatic heterocycles. The van der Waals surface area contributed by atoms with Crippen molar-refractivity contribution in [2.24, 2.45) is 17.8 Å². The molecule has 0 bridgehead atoms. The molecule has 14 heavy (non-hydrogen) atoms. The van der Waals surface area contributed by atoms with Gasteiger partial charge in [-0.3, -0.25) is 4.79 Å². The lowest BCUT2D eigenvalue weighted by Gasteiger charge is -2.38. The van der Waals surface area contributed by atoms with Gasteiger partial charge in [0, 0.05) is 5.92 Å². The molecule has 1 fully saturated rings. The fourth-order valence-corrected chi connectivity index (χ4v) is 2.00. The smallest absolute Gasteiger partial charge is 0.311 e. The molecule has 0 aromatic carbocycles. The van der Waals surface area contributed by atoms with Crippen molar-refractivity contribution in [1.82, 2.24) is 0 Å². The van der Waals surface area contributed by atoms with Gasteiger partial charge in [0.25, 0.3) is 0 Å².